The summed E-state index contributed by atoms with van der Waals surface area (Å²) in [5, 5.41) is 12.3. The third-order valence-electron chi connectivity index (χ3n) is 6.10. The van der Waals surface area contributed by atoms with Crippen molar-refractivity contribution in [3.05, 3.63) is 40.2 Å². The number of nitrogens with one attached hydrogen (secondary N) is 3. The van der Waals surface area contributed by atoms with E-state index >= 15 is 0 Å². The molecule has 142 valence electrons. The molecule has 3 fully saturated rings. The molecule has 1 aromatic heterocycles. The number of carbonyl (C=O) groups is 1. The van der Waals surface area contributed by atoms with E-state index in [9.17, 15) is 4.79 Å². The predicted octanol–water partition coefficient (Wildman–Crippen LogP) is 1.27. The molecule has 2 aliphatic heterocycles. The smallest absolute Gasteiger partial charge is 0.270 e. The second-order valence-corrected chi connectivity index (χ2v) is 7.77. The van der Waals surface area contributed by atoms with Gasteiger partial charge < -0.3 is 10.1 Å². The number of hydrazine groups is 1. The zero-order chi connectivity index (χ0) is 19.0. The summed E-state index contributed by atoms with van der Waals surface area (Å²) >= 11 is 0. The number of amides is 1. The summed E-state index contributed by atoms with van der Waals surface area (Å²) in [5.41, 5.74) is 10.7. The van der Waals surface area contributed by atoms with E-state index in [0.29, 0.717) is 23.2 Å². The maximum atomic E-state index is 12.8. The summed E-state index contributed by atoms with van der Waals surface area (Å²) < 4.78 is 5.24. The average Bonchev–Trinajstić information content (AvgIpc) is 3.02. The van der Waals surface area contributed by atoms with Crippen LogP contribution < -0.4 is 16.2 Å². The topological polar surface area (TPSA) is 99.1 Å². The molecule has 7 nitrogen and oxygen atoms in total. The molecule has 0 radical (unpaired) electrons. The first kappa shape index (κ1) is 18.1. The lowest BCUT2D eigenvalue weighted by Gasteiger charge is -2.33. The number of fused-ring (bicyclic) bond motifs is 1. The molecule has 4 atom stereocenters. The highest BCUT2D eigenvalue weighted by molar-refractivity contribution is 5.94. The van der Waals surface area contributed by atoms with Crippen molar-refractivity contribution >= 4 is 5.91 Å². The number of pyridine rings is 1. The number of rotatable bonds is 3. The van der Waals surface area contributed by atoms with Crippen LogP contribution in [0.25, 0.3) is 0 Å². The van der Waals surface area contributed by atoms with Crippen LogP contribution in [0.1, 0.15) is 46.4 Å². The monoisotopic (exact) mass is 367 g/mol. The van der Waals surface area contributed by atoms with Crippen LogP contribution >= 0.6 is 0 Å². The molecule has 0 spiro atoms. The molecule has 1 aromatic rings. The molecule has 27 heavy (non-hydrogen) atoms. The Labute approximate surface area is 159 Å². The molecule has 3 heterocycles. The summed E-state index contributed by atoms with van der Waals surface area (Å²) in [6.07, 6.45) is 6.67. The fourth-order valence-corrected chi connectivity index (χ4v) is 4.26. The van der Waals surface area contributed by atoms with E-state index < -0.39 is 0 Å². The van der Waals surface area contributed by atoms with Gasteiger partial charge in [-0.05, 0) is 55.7 Å². The minimum Gasteiger partial charge on any atom is -0.373 e. The van der Waals surface area contributed by atoms with Gasteiger partial charge in [0.1, 0.15) is 11.8 Å². The third-order valence-corrected chi connectivity index (χ3v) is 6.10. The van der Waals surface area contributed by atoms with E-state index in [1.54, 1.807) is 0 Å². The molecule has 4 rings (SSSR count). The molecule has 1 amide bonds. The minimum absolute atomic E-state index is 0.135. The largest absolute Gasteiger partial charge is 0.373 e. The standard InChI is InChI=1S/C20H25N5O2/c1-11-12(2)19(22-8-14(11)7-21)20(26)23-15-3-4-17-16(6-15)18(25-24-17)5-13-9-27-10-13/h5,8,15-18,24-25H,3-4,6,9-10H2,1-2H3,(H,23,26). The van der Waals surface area contributed by atoms with Gasteiger partial charge >= 0.3 is 0 Å². The van der Waals surface area contributed by atoms with Gasteiger partial charge in [0.25, 0.3) is 5.91 Å². The normalized spacial score (nSPS) is 29.4. The van der Waals surface area contributed by atoms with E-state index in [1.807, 2.05) is 13.8 Å². The van der Waals surface area contributed by atoms with Crippen LogP contribution in [0.3, 0.4) is 0 Å². The van der Waals surface area contributed by atoms with Crippen LogP contribution in [-0.2, 0) is 4.74 Å². The quantitative estimate of drug-likeness (QED) is 0.696. The Morgan fingerprint density at radius 3 is 2.85 bits per heavy atom. The Morgan fingerprint density at radius 2 is 2.15 bits per heavy atom. The summed E-state index contributed by atoms with van der Waals surface area (Å²) in [7, 11) is 0. The highest BCUT2D eigenvalue weighted by atomic mass is 16.5. The maximum absolute atomic E-state index is 12.8. The van der Waals surface area contributed by atoms with Crippen molar-refractivity contribution in [2.75, 3.05) is 13.2 Å². The van der Waals surface area contributed by atoms with Gasteiger partial charge in [0, 0.05) is 24.3 Å². The number of hydrogen-bond acceptors (Lipinski definition) is 6. The maximum Gasteiger partial charge on any atom is 0.270 e. The van der Waals surface area contributed by atoms with Gasteiger partial charge in [-0.25, -0.2) is 4.98 Å². The van der Waals surface area contributed by atoms with E-state index in [1.165, 1.54) is 11.8 Å². The summed E-state index contributed by atoms with van der Waals surface area (Å²) in [4.78, 5) is 17.0. The van der Waals surface area contributed by atoms with Crippen molar-refractivity contribution in [3.8, 4) is 6.07 Å². The first-order valence-corrected chi connectivity index (χ1v) is 9.52. The average molecular weight is 367 g/mol. The number of ether oxygens (including phenoxy) is 1. The van der Waals surface area contributed by atoms with Gasteiger partial charge in [0.2, 0.25) is 0 Å². The highest BCUT2D eigenvalue weighted by Crippen LogP contribution is 2.32. The molecule has 7 heteroatoms. The highest BCUT2D eigenvalue weighted by Gasteiger charge is 2.40. The van der Waals surface area contributed by atoms with E-state index in [-0.39, 0.29) is 18.0 Å². The van der Waals surface area contributed by atoms with Crippen molar-refractivity contribution in [2.24, 2.45) is 5.92 Å². The van der Waals surface area contributed by atoms with Crippen molar-refractivity contribution in [1.29, 1.82) is 5.26 Å². The van der Waals surface area contributed by atoms with Crippen molar-refractivity contribution in [1.82, 2.24) is 21.2 Å². The SMILES string of the molecule is Cc1c(C#N)cnc(C(=O)NC2CCC3NNC(C=C4COC4)C3C2)c1C. The lowest BCUT2D eigenvalue weighted by molar-refractivity contribution is 0.0909. The minimum atomic E-state index is -0.148. The van der Waals surface area contributed by atoms with E-state index in [0.717, 1.165) is 43.6 Å². The molecular weight excluding hydrogens is 342 g/mol. The van der Waals surface area contributed by atoms with Crippen molar-refractivity contribution < 1.29 is 9.53 Å². The van der Waals surface area contributed by atoms with E-state index in [4.69, 9.17) is 10.00 Å². The van der Waals surface area contributed by atoms with Gasteiger partial charge in [-0.3, -0.25) is 15.6 Å². The lowest BCUT2D eigenvalue weighted by Crippen LogP contribution is -2.45. The Hall–Kier alpha value is -2.27. The molecular formula is C20H25N5O2. The van der Waals surface area contributed by atoms with Gasteiger partial charge in [0.05, 0.1) is 18.8 Å². The second kappa shape index (κ2) is 7.39. The van der Waals surface area contributed by atoms with Crippen molar-refractivity contribution in [3.63, 3.8) is 0 Å². The molecule has 2 saturated heterocycles. The second-order valence-electron chi connectivity index (χ2n) is 7.77. The number of aromatic nitrogens is 1. The number of nitriles is 1. The van der Waals surface area contributed by atoms with Gasteiger partial charge in [0.15, 0.2) is 0 Å². The Balaban J connectivity index is 1.43. The zero-order valence-electron chi connectivity index (χ0n) is 15.7. The van der Waals surface area contributed by atoms with Crippen molar-refractivity contribution in [2.45, 2.75) is 51.2 Å². The first-order chi connectivity index (χ1) is 13.1. The Morgan fingerprint density at radius 1 is 1.33 bits per heavy atom. The van der Waals surface area contributed by atoms with Gasteiger partial charge in [-0.2, -0.15) is 5.26 Å². The fourth-order valence-electron chi connectivity index (χ4n) is 4.26. The molecule has 0 bridgehead atoms. The Kier molecular flexibility index (Phi) is 4.96. The van der Waals surface area contributed by atoms with E-state index in [2.05, 4.69) is 33.3 Å². The Bertz CT molecular complexity index is 822. The molecule has 3 N–H and O–H groups in total. The number of hydrogen-bond donors (Lipinski definition) is 3. The molecule has 1 aliphatic carbocycles. The number of carbonyl (C=O) groups excluding carboxylic acids is 1. The molecule has 1 saturated carbocycles. The van der Waals surface area contributed by atoms with Crippen LogP contribution in [-0.4, -0.2) is 42.2 Å². The third kappa shape index (κ3) is 3.48. The molecule has 0 aromatic carbocycles. The van der Waals surface area contributed by atoms with Crippen LogP contribution in [0, 0.1) is 31.1 Å². The number of nitrogens with zero attached hydrogens (tertiary/aromatic N) is 2. The van der Waals surface area contributed by atoms with Gasteiger partial charge in [-0.15, -0.1) is 0 Å². The predicted molar refractivity (Wildman–Crippen MR) is 99.8 cm³/mol. The summed E-state index contributed by atoms with van der Waals surface area (Å²) in [5.74, 6) is 0.304. The molecule has 3 aliphatic rings. The fraction of sp³-hybridized carbons (Fsp3) is 0.550. The summed E-state index contributed by atoms with van der Waals surface area (Å²) in [6.45, 7) is 5.18. The van der Waals surface area contributed by atoms with Crippen LogP contribution in [0.4, 0.5) is 0 Å². The lowest BCUT2D eigenvalue weighted by atomic mass is 9.78. The van der Waals surface area contributed by atoms with Crippen LogP contribution in [0.2, 0.25) is 0 Å². The first-order valence-electron chi connectivity index (χ1n) is 9.52. The van der Waals surface area contributed by atoms with Crippen LogP contribution in [0.15, 0.2) is 17.8 Å². The zero-order valence-corrected chi connectivity index (χ0v) is 15.7. The van der Waals surface area contributed by atoms with Crippen LogP contribution in [0.5, 0.6) is 0 Å². The summed E-state index contributed by atoms with van der Waals surface area (Å²) in [6, 6.07) is 2.98. The molecule has 4 unspecified atom stereocenters. The van der Waals surface area contributed by atoms with Gasteiger partial charge in [-0.1, -0.05) is 6.08 Å².